The van der Waals surface area contributed by atoms with Gasteiger partial charge in [-0.1, -0.05) is 26.2 Å². The van der Waals surface area contributed by atoms with Crippen LogP contribution < -0.4 is 5.73 Å². The highest BCUT2D eigenvalue weighted by Gasteiger charge is 2.30. The Morgan fingerprint density at radius 3 is 2.42 bits per heavy atom. The van der Waals surface area contributed by atoms with Gasteiger partial charge in [0, 0.05) is 6.07 Å². The molecule has 19 heavy (non-hydrogen) atoms. The molecular formula is C16H23F2N. The quantitative estimate of drug-likeness (QED) is 0.868. The summed E-state index contributed by atoms with van der Waals surface area (Å²) in [5.74, 6) is 0.269. The standard InChI is InChI=1S/C16H23F2N/c1-2-3-11-4-5-12(10-19)16(6-11)13-7-14(17)9-15(18)8-13/h7-9,11-12,16H,2-6,10,19H2,1H3. The highest BCUT2D eigenvalue weighted by atomic mass is 19.1. The molecule has 0 spiro atoms. The lowest BCUT2D eigenvalue weighted by molar-refractivity contribution is 0.229. The molecule has 1 saturated carbocycles. The van der Waals surface area contributed by atoms with E-state index < -0.39 is 11.6 Å². The Morgan fingerprint density at radius 2 is 1.84 bits per heavy atom. The molecule has 1 aromatic rings. The minimum atomic E-state index is -0.483. The molecule has 0 aliphatic heterocycles. The summed E-state index contributed by atoms with van der Waals surface area (Å²) in [6.07, 6.45) is 5.65. The number of hydrogen-bond acceptors (Lipinski definition) is 1. The van der Waals surface area contributed by atoms with E-state index in [1.807, 2.05) is 0 Å². The molecular weight excluding hydrogens is 244 g/mol. The van der Waals surface area contributed by atoms with Crippen LogP contribution in [0.3, 0.4) is 0 Å². The summed E-state index contributed by atoms with van der Waals surface area (Å²) in [4.78, 5) is 0. The zero-order chi connectivity index (χ0) is 13.8. The lowest BCUT2D eigenvalue weighted by Crippen LogP contribution is -2.29. The minimum Gasteiger partial charge on any atom is -0.330 e. The maximum atomic E-state index is 13.4. The topological polar surface area (TPSA) is 26.0 Å². The predicted molar refractivity (Wildman–Crippen MR) is 73.9 cm³/mol. The van der Waals surface area contributed by atoms with E-state index in [1.54, 1.807) is 0 Å². The van der Waals surface area contributed by atoms with Gasteiger partial charge in [0.1, 0.15) is 11.6 Å². The van der Waals surface area contributed by atoms with Gasteiger partial charge in [-0.3, -0.25) is 0 Å². The van der Waals surface area contributed by atoms with Gasteiger partial charge in [-0.15, -0.1) is 0 Å². The van der Waals surface area contributed by atoms with Crippen LogP contribution >= 0.6 is 0 Å². The van der Waals surface area contributed by atoms with Gasteiger partial charge in [0.2, 0.25) is 0 Å². The third kappa shape index (κ3) is 3.53. The normalized spacial score (nSPS) is 27.5. The fourth-order valence-corrected chi connectivity index (χ4v) is 3.47. The summed E-state index contributed by atoms with van der Waals surface area (Å²) >= 11 is 0. The molecule has 2 N–H and O–H groups in total. The Bertz CT molecular complexity index is 399. The molecule has 0 aromatic heterocycles. The Labute approximate surface area is 114 Å². The van der Waals surface area contributed by atoms with Gasteiger partial charge in [-0.25, -0.2) is 8.78 Å². The number of halogens is 2. The van der Waals surface area contributed by atoms with Crippen LogP contribution in [0.15, 0.2) is 18.2 Å². The minimum absolute atomic E-state index is 0.209. The molecule has 0 saturated heterocycles. The fourth-order valence-electron chi connectivity index (χ4n) is 3.47. The number of benzene rings is 1. The van der Waals surface area contributed by atoms with Crippen LogP contribution in [0.2, 0.25) is 0 Å². The first kappa shape index (κ1) is 14.4. The molecule has 3 unspecified atom stereocenters. The van der Waals surface area contributed by atoms with E-state index in [1.165, 1.54) is 31.4 Å². The van der Waals surface area contributed by atoms with Crippen LogP contribution in [0.4, 0.5) is 8.78 Å². The Kier molecular flexibility index (Phi) is 4.92. The first-order chi connectivity index (χ1) is 9.13. The van der Waals surface area contributed by atoms with Gasteiger partial charge < -0.3 is 5.73 Å². The molecule has 0 heterocycles. The molecule has 0 amide bonds. The van der Waals surface area contributed by atoms with Gasteiger partial charge in [0.05, 0.1) is 0 Å². The van der Waals surface area contributed by atoms with Crippen molar-refractivity contribution in [2.24, 2.45) is 17.6 Å². The van der Waals surface area contributed by atoms with Gasteiger partial charge in [0.15, 0.2) is 0 Å². The van der Waals surface area contributed by atoms with Crippen LogP contribution in [0.5, 0.6) is 0 Å². The predicted octanol–water partition coefficient (Wildman–Crippen LogP) is 4.22. The second-order valence-corrected chi connectivity index (χ2v) is 5.77. The van der Waals surface area contributed by atoms with Crippen LogP contribution in [-0.4, -0.2) is 6.54 Å². The van der Waals surface area contributed by atoms with Crippen LogP contribution in [0.1, 0.15) is 50.5 Å². The third-order valence-electron chi connectivity index (χ3n) is 4.41. The van der Waals surface area contributed by atoms with Crippen LogP contribution in [0, 0.1) is 23.5 Å². The van der Waals surface area contributed by atoms with E-state index in [-0.39, 0.29) is 5.92 Å². The van der Waals surface area contributed by atoms with Crippen molar-refractivity contribution >= 4 is 0 Å². The SMILES string of the molecule is CCCC1CCC(CN)C(c2cc(F)cc(F)c2)C1. The van der Waals surface area contributed by atoms with Gasteiger partial charge in [0.25, 0.3) is 0 Å². The molecule has 1 aliphatic rings. The van der Waals surface area contributed by atoms with Crippen molar-refractivity contribution in [3.05, 3.63) is 35.4 Å². The summed E-state index contributed by atoms with van der Waals surface area (Å²) in [5, 5.41) is 0. The summed E-state index contributed by atoms with van der Waals surface area (Å²) in [6, 6.07) is 3.89. The van der Waals surface area contributed by atoms with Crippen LogP contribution in [0.25, 0.3) is 0 Å². The third-order valence-corrected chi connectivity index (χ3v) is 4.41. The molecule has 106 valence electrons. The van der Waals surface area contributed by atoms with Crippen molar-refractivity contribution in [2.45, 2.75) is 44.9 Å². The summed E-state index contributed by atoms with van der Waals surface area (Å²) in [6.45, 7) is 2.79. The van der Waals surface area contributed by atoms with Crippen molar-refractivity contribution in [2.75, 3.05) is 6.54 Å². The number of nitrogens with two attached hydrogens (primary N) is 1. The van der Waals surface area contributed by atoms with Gasteiger partial charge in [-0.2, -0.15) is 0 Å². The van der Waals surface area contributed by atoms with Crippen molar-refractivity contribution in [1.82, 2.24) is 0 Å². The average molecular weight is 267 g/mol. The van der Waals surface area contributed by atoms with Crippen LogP contribution in [-0.2, 0) is 0 Å². The molecule has 0 bridgehead atoms. The van der Waals surface area contributed by atoms with E-state index in [0.717, 1.165) is 24.5 Å². The van der Waals surface area contributed by atoms with E-state index in [2.05, 4.69) is 6.92 Å². The number of hydrogen-bond donors (Lipinski definition) is 1. The van der Waals surface area contributed by atoms with Crippen molar-refractivity contribution in [3.63, 3.8) is 0 Å². The van der Waals surface area contributed by atoms with Crippen molar-refractivity contribution in [3.8, 4) is 0 Å². The van der Waals surface area contributed by atoms with Gasteiger partial charge in [-0.05, 0) is 54.8 Å². The Hall–Kier alpha value is -0.960. The number of rotatable bonds is 4. The van der Waals surface area contributed by atoms with E-state index in [4.69, 9.17) is 5.73 Å². The second kappa shape index (κ2) is 6.47. The highest BCUT2D eigenvalue weighted by Crippen LogP contribution is 2.42. The summed E-state index contributed by atoms with van der Waals surface area (Å²) in [5.41, 5.74) is 6.62. The maximum absolute atomic E-state index is 13.4. The first-order valence-electron chi connectivity index (χ1n) is 7.30. The zero-order valence-electron chi connectivity index (χ0n) is 11.5. The highest BCUT2D eigenvalue weighted by molar-refractivity contribution is 5.23. The van der Waals surface area contributed by atoms with E-state index in [0.29, 0.717) is 18.4 Å². The largest absolute Gasteiger partial charge is 0.330 e. The first-order valence-corrected chi connectivity index (χ1v) is 7.30. The lowest BCUT2D eigenvalue weighted by Gasteiger charge is -2.36. The van der Waals surface area contributed by atoms with Gasteiger partial charge >= 0.3 is 0 Å². The average Bonchev–Trinajstić information content (AvgIpc) is 2.38. The fraction of sp³-hybridized carbons (Fsp3) is 0.625. The molecule has 2 rings (SSSR count). The molecule has 1 aliphatic carbocycles. The molecule has 3 heteroatoms. The smallest absolute Gasteiger partial charge is 0.126 e. The Morgan fingerprint density at radius 1 is 1.16 bits per heavy atom. The maximum Gasteiger partial charge on any atom is 0.126 e. The molecule has 1 nitrogen and oxygen atoms in total. The molecule has 1 fully saturated rings. The van der Waals surface area contributed by atoms with Crippen molar-refractivity contribution in [1.29, 1.82) is 0 Å². The monoisotopic (exact) mass is 267 g/mol. The van der Waals surface area contributed by atoms with Crippen molar-refractivity contribution < 1.29 is 8.78 Å². The zero-order valence-corrected chi connectivity index (χ0v) is 11.5. The molecule has 0 radical (unpaired) electrons. The lowest BCUT2D eigenvalue weighted by atomic mass is 9.70. The Balaban J connectivity index is 2.21. The van der Waals surface area contributed by atoms with E-state index in [9.17, 15) is 8.78 Å². The van der Waals surface area contributed by atoms with E-state index >= 15 is 0 Å². The second-order valence-electron chi connectivity index (χ2n) is 5.77. The molecule has 3 atom stereocenters. The summed E-state index contributed by atoms with van der Waals surface area (Å²) in [7, 11) is 0. The molecule has 1 aromatic carbocycles. The summed E-state index contributed by atoms with van der Waals surface area (Å²) < 4.78 is 26.8.